The highest BCUT2D eigenvalue weighted by atomic mass is 14.1. The molecule has 0 heteroatoms. The normalized spacial score (nSPS) is 9.60. The van der Waals surface area contributed by atoms with Gasteiger partial charge in [0.25, 0.3) is 0 Å². The molecule has 0 bridgehead atoms. The maximum Gasteiger partial charge on any atom is -0.0420 e. The fraction of sp³-hybridized carbons (Fsp3) is 1.00. The SMILES string of the molecule is CCCC.CCCCC.CCCCCC.CCCCCCC.CCCCCCC(CC)CC.CCCCCCCC.CCCCCCCCC. The van der Waals surface area contributed by atoms with Crippen LogP contribution in [0.3, 0.4) is 0 Å². The second-order valence-electron chi connectivity index (χ2n) is 14.8. The molecule has 0 nitrogen and oxygen atoms in total. The van der Waals surface area contributed by atoms with Gasteiger partial charge in [0.2, 0.25) is 0 Å². The van der Waals surface area contributed by atoms with E-state index in [2.05, 4.69) is 104 Å². The Balaban J connectivity index is -0.0000000882. The predicted octanol–water partition coefficient (Wildman–Crippen LogP) is 21.1. The van der Waals surface area contributed by atoms with Crippen molar-refractivity contribution in [2.75, 3.05) is 0 Å². The summed E-state index contributed by atoms with van der Waals surface area (Å²) in [4.78, 5) is 0. The van der Waals surface area contributed by atoms with Gasteiger partial charge in [0.15, 0.2) is 0 Å². The van der Waals surface area contributed by atoms with Crippen LogP contribution in [0.1, 0.15) is 322 Å². The van der Waals surface area contributed by atoms with Crippen LogP contribution >= 0.6 is 0 Å². The summed E-state index contributed by atoms with van der Waals surface area (Å²) in [6.45, 7) is 33.7. The molecule has 0 rings (SSSR count). The molecule has 0 saturated carbocycles. The lowest BCUT2D eigenvalue weighted by Gasteiger charge is -2.10. The molecular weight excluding hydrogens is 601 g/mol. The Morgan fingerprint density at radius 3 is 0.540 bits per heavy atom. The molecule has 0 aromatic heterocycles. The number of hydrogen-bond donors (Lipinski definition) is 0. The number of hydrogen-bond acceptors (Lipinski definition) is 0. The molecule has 0 aliphatic heterocycles. The highest BCUT2D eigenvalue weighted by molar-refractivity contribution is 4.54. The second kappa shape index (κ2) is 82.5. The molecule has 0 aliphatic carbocycles. The van der Waals surface area contributed by atoms with Crippen molar-refractivity contribution in [1.29, 1.82) is 0 Å². The van der Waals surface area contributed by atoms with Gasteiger partial charge < -0.3 is 0 Å². The smallest absolute Gasteiger partial charge is 0.0420 e. The molecule has 0 heterocycles. The van der Waals surface area contributed by atoms with Crippen LogP contribution in [-0.2, 0) is 0 Å². The third-order valence-corrected chi connectivity index (χ3v) is 9.16. The number of rotatable bonds is 28. The third-order valence-electron chi connectivity index (χ3n) is 9.16. The molecule has 0 atom stereocenters. The quantitative estimate of drug-likeness (QED) is 0.0708. The van der Waals surface area contributed by atoms with Gasteiger partial charge in [-0.3, -0.25) is 0 Å². The Kier molecular flexibility index (Phi) is 107. The molecule has 0 amide bonds. The van der Waals surface area contributed by atoms with E-state index in [0.29, 0.717) is 0 Å². The van der Waals surface area contributed by atoms with Gasteiger partial charge in [0.05, 0.1) is 0 Å². The average molecular weight is 715 g/mol. The summed E-state index contributed by atoms with van der Waals surface area (Å²) >= 11 is 0. The first kappa shape index (κ1) is 64.9. The van der Waals surface area contributed by atoms with Crippen LogP contribution < -0.4 is 0 Å². The topological polar surface area (TPSA) is 0 Å². The van der Waals surface area contributed by atoms with E-state index >= 15 is 0 Å². The van der Waals surface area contributed by atoms with Gasteiger partial charge in [0, 0.05) is 0 Å². The van der Waals surface area contributed by atoms with Crippen molar-refractivity contribution in [3.8, 4) is 0 Å². The maximum atomic E-state index is 2.31. The van der Waals surface area contributed by atoms with Gasteiger partial charge in [0.1, 0.15) is 0 Å². The molecule has 0 aliphatic rings. The summed E-state index contributed by atoms with van der Waals surface area (Å²) in [5.74, 6) is 1.01. The van der Waals surface area contributed by atoms with E-state index in [9.17, 15) is 0 Å². The van der Waals surface area contributed by atoms with Gasteiger partial charge in [-0.25, -0.2) is 0 Å². The Bertz CT molecular complexity index is 357. The Morgan fingerprint density at radius 1 is 0.180 bits per heavy atom. The van der Waals surface area contributed by atoms with Crippen molar-refractivity contribution in [3.63, 3.8) is 0 Å². The average Bonchev–Trinajstić information content (AvgIpc) is 3.14. The van der Waals surface area contributed by atoms with Gasteiger partial charge in [-0.2, -0.15) is 0 Å². The molecule has 314 valence electrons. The summed E-state index contributed by atoms with van der Waals surface area (Å²) in [6.07, 6.45) is 47.6. The van der Waals surface area contributed by atoms with Gasteiger partial charge in [-0.05, 0) is 5.92 Å². The maximum absolute atomic E-state index is 2.31. The molecule has 0 unspecified atom stereocenters. The minimum absolute atomic E-state index is 1.01. The highest BCUT2D eigenvalue weighted by Crippen LogP contribution is 2.16. The van der Waals surface area contributed by atoms with Crippen molar-refractivity contribution in [1.82, 2.24) is 0 Å². The van der Waals surface area contributed by atoms with Crippen LogP contribution in [0, 0.1) is 5.92 Å². The molecular formula is C50H114. The lowest BCUT2D eigenvalue weighted by molar-refractivity contribution is 0.429. The largest absolute Gasteiger partial charge is 0.0654 e. The van der Waals surface area contributed by atoms with E-state index in [0.717, 1.165) is 5.92 Å². The summed E-state index contributed by atoms with van der Waals surface area (Å²) in [7, 11) is 0. The van der Waals surface area contributed by atoms with Crippen LogP contribution in [0.15, 0.2) is 0 Å². The van der Waals surface area contributed by atoms with Crippen molar-refractivity contribution in [2.24, 2.45) is 5.92 Å². The fourth-order valence-corrected chi connectivity index (χ4v) is 4.97. The molecule has 0 aromatic rings. The first-order valence-corrected chi connectivity index (χ1v) is 24.3. The minimum Gasteiger partial charge on any atom is -0.0654 e. The molecule has 0 aromatic carbocycles. The monoisotopic (exact) mass is 715 g/mol. The van der Waals surface area contributed by atoms with Gasteiger partial charge in [-0.15, -0.1) is 0 Å². The Morgan fingerprint density at radius 2 is 0.360 bits per heavy atom. The summed E-state index contributed by atoms with van der Waals surface area (Å²) in [5.41, 5.74) is 0. The summed E-state index contributed by atoms with van der Waals surface area (Å²) in [5, 5.41) is 0. The second-order valence-corrected chi connectivity index (χ2v) is 14.8. The third kappa shape index (κ3) is 110. The zero-order chi connectivity index (χ0) is 39.6. The minimum atomic E-state index is 1.01. The van der Waals surface area contributed by atoms with Crippen molar-refractivity contribution in [2.45, 2.75) is 322 Å². The van der Waals surface area contributed by atoms with Crippen molar-refractivity contribution < 1.29 is 0 Å². The molecule has 0 spiro atoms. The zero-order valence-electron chi connectivity index (χ0n) is 39.6. The van der Waals surface area contributed by atoms with E-state index in [1.807, 2.05) is 0 Å². The van der Waals surface area contributed by atoms with Crippen molar-refractivity contribution in [3.05, 3.63) is 0 Å². The molecule has 0 saturated heterocycles. The molecule has 0 fully saturated rings. The van der Waals surface area contributed by atoms with Crippen LogP contribution in [0.25, 0.3) is 0 Å². The highest BCUT2D eigenvalue weighted by Gasteiger charge is 2.01. The standard InChI is InChI=1S/C11H24.C9H20.C8H18.C7H16.C6H14.C5H12.C4H10/c1-4-7-8-9-10-11(5-2)6-3;1-3-5-7-9-8-6-4-2;1-3-5-7-8-6-4-2;1-3-5-7-6-4-2;1-3-5-6-4-2;1-3-5-4-2;1-3-4-2/h11H,4-10H2,1-3H3;3-9H2,1-2H3;3-8H2,1-2H3;3-7H2,1-2H3;3-6H2,1-2H3;3-5H2,1-2H3;3-4H2,1-2H3. The Hall–Kier alpha value is 0. The van der Waals surface area contributed by atoms with Crippen LogP contribution in [-0.4, -0.2) is 0 Å². The summed E-state index contributed by atoms with van der Waals surface area (Å²) in [6, 6.07) is 0. The molecule has 0 N–H and O–H groups in total. The predicted molar refractivity (Wildman–Crippen MR) is 246 cm³/mol. The first-order chi connectivity index (χ1) is 24.3. The lowest BCUT2D eigenvalue weighted by atomic mass is 9.96. The fourth-order valence-electron chi connectivity index (χ4n) is 4.97. The first-order valence-electron chi connectivity index (χ1n) is 24.3. The van der Waals surface area contributed by atoms with Gasteiger partial charge >= 0.3 is 0 Å². The van der Waals surface area contributed by atoms with Crippen LogP contribution in [0.5, 0.6) is 0 Å². The molecule has 0 radical (unpaired) electrons. The van der Waals surface area contributed by atoms with Crippen LogP contribution in [0.2, 0.25) is 0 Å². The van der Waals surface area contributed by atoms with E-state index in [4.69, 9.17) is 0 Å². The van der Waals surface area contributed by atoms with E-state index < -0.39 is 0 Å². The van der Waals surface area contributed by atoms with E-state index in [1.165, 1.54) is 218 Å². The summed E-state index contributed by atoms with van der Waals surface area (Å²) < 4.78 is 0. The molecule has 50 heavy (non-hydrogen) atoms. The van der Waals surface area contributed by atoms with E-state index in [1.54, 1.807) is 0 Å². The lowest BCUT2D eigenvalue weighted by Crippen LogP contribution is -1.95. The number of unbranched alkanes of at least 4 members (excludes halogenated alkanes) is 24. The van der Waals surface area contributed by atoms with Crippen molar-refractivity contribution >= 4 is 0 Å². The van der Waals surface area contributed by atoms with Crippen LogP contribution in [0.4, 0.5) is 0 Å². The van der Waals surface area contributed by atoms with E-state index in [-0.39, 0.29) is 0 Å². The zero-order valence-corrected chi connectivity index (χ0v) is 39.6. The Labute approximate surface area is 327 Å². The van der Waals surface area contributed by atoms with Gasteiger partial charge in [-0.1, -0.05) is 322 Å².